The van der Waals surface area contributed by atoms with Crippen molar-refractivity contribution in [1.82, 2.24) is 24.4 Å². The number of rotatable bonds is 5. The molecule has 10 nitrogen and oxygen atoms in total. The smallest absolute Gasteiger partial charge is 0.337 e. The molecular weight excluding hydrogens is 499 g/mol. The molecule has 1 N–H and O–H groups in total. The number of esters is 1. The second-order valence-corrected chi connectivity index (χ2v) is 9.42. The van der Waals surface area contributed by atoms with Gasteiger partial charge in [-0.1, -0.05) is 23.5 Å². The number of ether oxygens (including phenoxy) is 1. The summed E-state index contributed by atoms with van der Waals surface area (Å²) in [5.74, 6) is -0.810. The first-order valence-electron chi connectivity index (χ1n) is 11.5. The van der Waals surface area contributed by atoms with Gasteiger partial charge in [-0.3, -0.25) is 9.69 Å². The van der Waals surface area contributed by atoms with Gasteiger partial charge < -0.3 is 15.0 Å². The number of methoxy groups -OCH3 is 1. The summed E-state index contributed by atoms with van der Waals surface area (Å²) in [5, 5.41) is 7.65. The molecular formula is C25H23FN6O4S. The Morgan fingerprint density at radius 2 is 1.84 bits per heavy atom. The van der Waals surface area contributed by atoms with Crippen LogP contribution in [0.25, 0.3) is 15.5 Å². The average molecular weight is 523 g/mol. The molecule has 1 saturated heterocycles. The lowest BCUT2D eigenvalue weighted by atomic mass is 10.2. The van der Waals surface area contributed by atoms with Crippen LogP contribution in [0.2, 0.25) is 0 Å². The second-order valence-electron chi connectivity index (χ2n) is 8.46. The van der Waals surface area contributed by atoms with Gasteiger partial charge in [0.15, 0.2) is 0 Å². The zero-order chi connectivity index (χ0) is 25.9. The Hall–Kier alpha value is -4.16. The summed E-state index contributed by atoms with van der Waals surface area (Å²) in [4.78, 5) is 45.7. The van der Waals surface area contributed by atoms with Gasteiger partial charge in [0.1, 0.15) is 10.8 Å². The number of aromatic nitrogens is 3. The first-order chi connectivity index (χ1) is 17.9. The molecule has 2 aromatic heterocycles. The van der Waals surface area contributed by atoms with Crippen molar-refractivity contribution in [3.05, 3.63) is 82.0 Å². The van der Waals surface area contributed by atoms with Crippen LogP contribution in [0.15, 0.2) is 59.4 Å². The molecule has 2 aromatic carbocycles. The number of halogens is 1. The minimum absolute atomic E-state index is 0.224. The number of nitrogens with zero attached hydrogens (tertiary/aromatic N) is 5. The molecule has 0 unspecified atom stereocenters. The van der Waals surface area contributed by atoms with Gasteiger partial charge in [-0.25, -0.2) is 19.0 Å². The van der Waals surface area contributed by atoms with Crippen molar-refractivity contribution in [3.8, 4) is 10.6 Å². The highest BCUT2D eigenvalue weighted by Crippen LogP contribution is 2.25. The van der Waals surface area contributed by atoms with Crippen molar-refractivity contribution in [3.63, 3.8) is 0 Å². The van der Waals surface area contributed by atoms with E-state index in [1.54, 1.807) is 41.3 Å². The maximum Gasteiger partial charge on any atom is 0.337 e. The molecule has 1 aliphatic heterocycles. The first-order valence-corrected chi connectivity index (χ1v) is 12.3. The number of carbonyl (C=O) groups excluding carboxylic acids is 2. The van der Waals surface area contributed by atoms with Gasteiger partial charge in [-0.2, -0.15) is 9.61 Å². The van der Waals surface area contributed by atoms with E-state index in [9.17, 15) is 18.8 Å². The Morgan fingerprint density at radius 3 is 2.54 bits per heavy atom. The molecule has 4 aromatic rings. The molecule has 1 aliphatic rings. The molecule has 0 bridgehead atoms. The average Bonchev–Trinajstić information content (AvgIpc) is 3.34. The monoisotopic (exact) mass is 522 g/mol. The highest BCUT2D eigenvalue weighted by Gasteiger charge is 2.22. The Morgan fingerprint density at radius 1 is 1.08 bits per heavy atom. The second kappa shape index (κ2) is 10.4. The van der Waals surface area contributed by atoms with Crippen molar-refractivity contribution >= 4 is 34.0 Å². The van der Waals surface area contributed by atoms with E-state index >= 15 is 0 Å². The SMILES string of the molecule is COC(=O)c1ccc(NC(=O)N2CCN(Cc3cc(=O)n4nc(-c5cccc(F)c5)sc4n3)CC2)cc1. The fourth-order valence-corrected chi connectivity index (χ4v) is 4.94. The Labute approximate surface area is 214 Å². The van der Waals surface area contributed by atoms with E-state index < -0.39 is 5.97 Å². The lowest BCUT2D eigenvalue weighted by Gasteiger charge is -2.34. The molecule has 190 valence electrons. The number of hydrogen-bond donors (Lipinski definition) is 1. The summed E-state index contributed by atoms with van der Waals surface area (Å²) >= 11 is 1.23. The van der Waals surface area contributed by atoms with Crippen LogP contribution in [0.1, 0.15) is 16.1 Å². The summed E-state index contributed by atoms with van der Waals surface area (Å²) < 4.78 is 19.5. The number of hydrogen-bond acceptors (Lipinski definition) is 8. The van der Waals surface area contributed by atoms with Gasteiger partial charge in [-0.05, 0) is 36.4 Å². The van der Waals surface area contributed by atoms with E-state index in [2.05, 4.69) is 25.0 Å². The van der Waals surface area contributed by atoms with Crippen molar-refractivity contribution in [2.45, 2.75) is 6.54 Å². The van der Waals surface area contributed by atoms with Gasteiger partial charge in [0.2, 0.25) is 4.96 Å². The minimum Gasteiger partial charge on any atom is -0.465 e. The Kier molecular flexibility index (Phi) is 6.93. The molecule has 2 amide bonds. The van der Waals surface area contributed by atoms with E-state index in [0.29, 0.717) is 65.2 Å². The third-order valence-electron chi connectivity index (χ3n) is 5.97. The van der Waals surface area contributed by atoms with E-state index in [4.69, 9.17) is 0 Å². The van der Waals surface area contributed by atoms with Gasteiger partial charge in [0, 0.05) is 50.0 Å². The molecule has 0 saturated carbocycles. The molecule has 0 aliphatic carbocycles. The molecule has 0 atom stereocenters. The predicted molar refractivity (Wildman–Crippen MR) is 136 cm³/mol. The quantitative estimate of drug-likeness (QED) is 0.401. The standard InChI is InChI=1S/C25H23FN6O4S/c1-36-23(34)16-5-7-19(8-6-16)27-24(35)31-11-9-30(10-12-31)15-20-14-21(33)32-25(28-20)37-22(29-32)17-3-2-4-18(26)13-17/h2-8,13-14H,9-12,15H2,1H3,(H,27,35). The number of fused-ring (bicyclic) bond motifs is 1. The van der Waals surface area contributed by atoms with Gasteiger partial charge >= 0.3 is 12.0 Å². The van der Waals surface area contributed by atoms with Crippen molar-refractivity contribution in [2.24, 2.45) is 0 Å². The number of urea groups is 1. The Balaban J connectivity index is 1.19. The van der Waals surface area contributed by atoms with Crippen molar-refractivity contribution in [2.75, 3.05) is 38.6 Å². The van der Waals surface area contributed by atoms with E-state index in [0.717, 1.165) is 0 Å². The first kappa shape index (κ1) is 24.5. The summed E-state index contributed by atoms with van der Waals surface area (Å²) in [6.07, 6.45) is 0. The predicted octanol–water partition coefficient (Wildman–Crippen LogP) is 3.09. The van der Waals surface area contributed by atoms with E-state index in [1.807, 2.05) is 0 Å². The lowest BCUT2D eigenvalue weighted by molar-refractivity contribution is 0.0600. The largest absolute Gasteiger partial charge is 0.465 e. The normalized spacial score (nSPS) is 14.1. The van der Waals surface area contributed by atoms with Crippen LogP contribution < -0.4 is 10.9 Å². The topological polar surface area (TPSA) is 109 Å². The van der Waals surface area contributed by atoms with Crippen LogP contribution in [-0.4, -0.2) is 69.7 Å². The third kappa shape index (κ3) is 5.49. The van der Waals surface area contributed by atoms with Crippen LogP contribution in [0, 0.1) is 5.82 Å². The number of piperazine rings is 1. The summed E-state index contributed by atoms with van der Waals surface area (Å²) in [6.45, 7) is 2.72. The summed E-state index contributed by atoms with van der Waals surface area (Å²) in [7, 11) is 1.31. The Bertz CT molecular complexity index is 1510. The van der Waals surface area contributed by atoms with Crippen LogP contribution >= 0.6 is 11.3 Å². The van der Waals surface area contributed by atoms with Crippen molar-refractivity contribution < 1.29 is 18.7 Å². The molecule has 37 heavy (non-hydrogen) atoms. The number of carbonyl (C=O) groups is 2. The molecule has 12 heteroatoms. The van der Waals surface area contributed by atoms with Crippen LogP contribution in [-0.2, 0) is 11.3 Å². The number of anilines is 1. The maximum atomic E-state index is 13.6. The zero-order valence-corrected chi connectivity index (χ0v) is 20.7. The van der Waals surface area contributed by atoms with Crippen LogP contribution in [0.5, 0.6) is 0 Å². The molecule has 0 spiro atoms. The van der Waals surface area contributed by atoms with Gasteiger partial charge in [0.25, 0.3) is 5.56 Å². The highest BCUT2D eigenvalue weighted by atomic mass is 32.1. The summed E-state index contributed by atoms with van der Waals surface area (Å²) in [6, 6.07) is 13.8. The lowest BCUT2D eigenvalue weighted by Crippen LogP contribution is -2.49. The van der Waals surface area contributed by atoms with Gasteiger partial charge in [-0.15, -0.1) is 0 Å². The highest BCUT2D eigenvalue weighted by molar-refractivity contribution is 7.19. The number of nitrogens with one attached hydrogen (secondary N) is 1. The third-order valence-corrected chi connectivity index (χ3v) is 6.93. The fourth-order valence-electron chi connectivity index (χ4n) is 4.02. The maximum absolute atomic E-state index is 13.6. The summed E-state index contributed by atoms with van der Waals surface area (Å²) in [5.41, 5.74) is 1.90. The molecule has 0 radical (unpaired) electrons. The molecule has 1 fully saturated rings. The molecule has 3 heterocycles. The van der Waals surface area contributed by atoms with E-state index in [-0.39, 0.29) is 17.4 Å². The van der Waals surface area contributed by atoms with Crippen molar-refractivity contribution in [1.29, 1.82) is 0 Å². The number of benzene rings is 2. The molecule has 5 rings (SSSR count). The van der Waals surface area contributed by atoms with Crippen LogP contribution in [0.4, 0.5) is 14.9 Å². The van der Waals surface area contributed by atoms with E-state index in [1.165, 1.54) is 41.2 Å². The fraction of sp³-hybridized carbons (Fsp3) is 0.240. The number of amides is 2. The van der Waals surface area contributed by atoms with Gasteiger partial charge in [0.05, 0.1) is 18.4 Å². The van der Waals surface area contributed by atoms with Crippen LogP contribution in [0.3, 0.4) is 0 Å². The minimum atomic E-state index is -0.437. The zero-order valence-electron chi connectivity index (χ0n) is 19.9.